The average molecular weight is 358 g/mol. The van der Waals surface area contributed by atoms with Gasteiger partial charge in [-0.2, -0.15) is 0 Å². The standard InChI is InChI=1S/C16H15BrClFO/c1-3-20-11-7-8-12(14(17)9-11)15(18)13-6-4-5-10(2)16(13)19/h4-9,15H,3H2,1-2H3. The van der Waals surface area contributed by atoms with Gasteiger partial charge in [-0.3, -0.25) is 0 Å². The molecule has 0 bridgehead atoms. The lowest BCUT2D eigenvalue weighted by Crippen LogP contribution is -2.00. The van der Waals surface area contributed by atoms with E-state index in [9.17, 15) is 4.39 Å². The number of rotatable bonds is 4. The third kappa shape index (κ3) is 3.15. The van der Waals surface area contributed by atoms with Gasteiger partial charge in [0.2, 0.25) is 0 Å². The lowest BCUT2D eigenvalue weighted by Gasteiger charge is -2.15. The van der Waals surface area contributed by atoms with E-state index < -0.39 is 5.38 Å². The molecule has 0 heterocycles. The Bertz CT molecular complexity index is 615. The fourth-order valence-corrected chi connectivity index (χ4v) is 3.08. The van der Waals surface area contributed by atoms with Crippen LogP contribution in [0.15, 0.2) is 40.9 Å². The molecule has 0 aromatic heterocycles. The van der Waals surface area contributed by atoms with Gasteiger partial charge in [-0.15, -0.1) is 11.6 Å². The van der Waals surface area contributed by atoms with Crippen molar-refractivity contribution >= 4 is 27.5 Å². The second-order valence-corrected chi connectivity index (χ2v) is 5.75. The minimum atomic E-state index is -0.542. The second kappa shape index (κ2) is 6.59. The van der Waals surface area contributed by atoms with Crippen molar-refractivity contribution < 1.29 is 9.13 Å². The van der Waals surface area contributed by atoms with Crippen molar-refractivity contribution in [2.45, 2.75) is 19.2 Å². The van der Waals surface area contributed by atoms with Crippen molar-refractivity contribution in [3.8, 4) is 5.75 Å². The van der Waals surface area contributed by atoms with E-state index in [0.717, 1.165) is 15.8 Å². The molecular weight excluding hydrogens is 343 g/mol. The molecule has 0 N–H and O–H groups in total. The summed E-state index contributed by atoms with van der Waals surface area (Å²) in [5.74, 6) is 0.505. The summed E-state index contributed by atoms with van der Waals surface area (Å²) in [5, 5.41) is -0.542. The Balaban J connectivity index is 2.38. The van der Waals surface area contributed by atoms with Crippen LogP contribution in [0.4, 0.5) is 4.39 Å². The third-order valence-corrected chi connectivity index (χ3v) is 4.21. The number of benzene rings is 2. The Hall–Kier alpha value is -1.06. The minimum absolute atomic E-state index is 0.256. The van der Waals surface area contributed by atoms with Crippen molar-refractivity contribution in [3.63, 3.8) is 0 Å². The van der Waals surface area contributed by atoms with Gasteiger partial charge < -0.3 is 4.74 Å². The molecule has 1 unspecified atom stereocenters. The summed E-state index contributed by atoms with van der Waals surface area (Å²) < 4.78 is 20.4. The highest BCUT2D eigenvalue weighted by molar-refractivity contribution is 9.10. The van der Waals surface area contributed by atoms with E-state index in [0.29, 0.717) is 17.7 Å². The lowest BCUT2D eigenvalue weighted by molar-refractivity contribution is 0.340. The zero-order valence-corrected chi connectivity index (χ0v) is 13.6. The first-order chi connectivity index (χ1) is 9.54. The molecule has 2 aromatic rings. The highest BCUT2D eigenvalue weighted by Gasteiger charge is 2.19. The highest BCUT2D eigenvalue weighted by atomic mass is 79.9. The molecule has 106 valence electrons. The summed E-state index contributed by atoms with van der Waals surface area (Å²) in [6.07, 6.45) is 0. The van der Waals surface area contributed by atoms with E-state index in [4.69, 9.17) is 16.3 Å². The van der Waals surface area contributed by atoms with Crippen molar-refractivity contribution in [1.29, 1.82) is 0 Å². The molecule has 0 fully saturated rings. The van der Waals surface area contributed by atoms with Crippen molar-refractivity contribution in [1.82, 2.24) is 0 Å². The second-order valence-electron chi connectivity index (χ2n) is 4.46. The average Bonchev–Trinajstić information content (AvgIpc) is 2.42. The van der Waals surface area contributed by atoms with Crippen LogP contribution in [0.5, 0.6) is 5.75 Å². The van der Waals surface area contributed by atoms with Gasteiger partial charge in [-0.05, 0) is 37.1 Å². The predicted octanol–water partition coefficient (Wildman–Crippen LogP) is 5.62. The van der Waals surface area contributed by atoms with Gasteiger partial charge in [0.25, 0.3) is 0 Å². The van der Waals surface area contributed by atoms with Crippen LogP contribution in [0.2, 0.25) is 0 Å². The first-order valence-electron chi connectivity index (χ1n) is 6.36. The van der Waals surface area contributed by atoms with Crippen molar-refractivity contribution in [3.05, 3.63) is 63.4 Å². The molecule has 2 aromatic carbocycles. The summed E-state index contributed by atoms with van der Waals surface area (Å²) >= 11 is 9.90. The number of aryl methyl sites for hydroxylation is 1. The van der Waals surface area contributed by atoms with Gasteiger partial charge in [-0.25, -0.2) is 4.39 Å². The van der Waals surface area contributed by atoms with E-state index in [1.54, 1.807) is 19.1 Å². The van der Waals surface area contributed by atoms with Crippen LogP contribution < -0.4 is 4.74 Å². The van der Waals surface area contributed by atoms with Crippen LogP contribution in [0, 0.1) is 12.7 Å². The summed E-state index contributed by atoms with van der Waals surface area (Å²) in [7, 11) is 0. The Labute approximate surface area is 131 Å². The summed E-state index contributed by atoms with van der Waals surface area (Å²) in [6.45, 7) is 4.26. The van der Waals surface area contributed by atoms with E-state index in [2.05, 4.69) is 15.9 Å². The fraction of sp³-hybridized carbons (Fsp3) is 0.250. The molecule has 1 atom stereocenters. The predicted molar refractivity (Wildman–Crippen MR) is 84.1 cm³/mol. The lowest BCUT2D eigenvalue weighted by atomic mass is 10.0. The van der Waals surface area contributed by atoms with E-state index in [1.807, 2.05) is 31.2 Å². The van der Waals surface area contributed by atoms with Crippen LogP contribution in [0.3, 0.4) is 0 Å². The smallest absolute Gasteiger partial charge is 0.131 e. The number of hydrogen-bond acceptors (Lipinski definition) is 1. The molecule has 1 nitrogen and oxygen atoms in total. The molecule has 0 spiro atoms. The maximum Gasteiger partial charge on any atom is 0.131 e. The molecule has 0 amide bonds. The SMILES string of the molecule is CCOc1ccc(C(Cl)c2cccc(C)c2F)c(Br)c1. The summed E-state index contributed by atoms with van der Waals surface area (Å²) in [4.78, 5) is 0. The molecule has 0 aliphatic rings. The first-order valence-corrected chi connectivity index (χ1v) is 7.58. The van der Waals surface area contributed by atoms with E-state index in [1.165, 1.54) is 0 Å². The molecule has 0 aliphatic carbocycles. The molecule has 0 radical (unpaired) electrons. The Morgan fingerprint density at radius 2 is 2.00 bits per heavy atom. The largest absolute Gasteiger partial charge is 0.494 e. The van der Waals surface area contributed by atoms with Gasteiger partial charge in [0, 0.05) is 10.0 Å². The first kappa shape index (κ1) is 15.3. The number of hydrogen-bond donors (Lipinski definition) is 0. The normalized spacial score (nSPS) is 12.2. The van der Waals surface area contributed by atoms with Crippen LogP contribution in [0.1, 0.15) is 29.0 Å². The minimum Gasteiger partial charge on any atom is -0.494 e. The van der Waals surface area contributed by atoms with Crippen LogP contribution in [-0.4, -0.2) is 6.61 Å². The molecule has 0 aliphatic heterocycles. The highest BCUT2D eigenvalue weighted by Crippen LogP contribution is 2.37. The van der Waals surface area contributed by atoms with Crippen molar-refractivity contribution in [2.24, 2.45) is 0 Å². The van der Waals surface area contributed by atoms with Gasteiger partial charge in [-0.1, -0.05) is 40.2 Å². The quantitative estimate of drug-likeness (QED) is 0.645. The zero-order valence-electron chi connectivity index (χ0n) is 11.3. The topological polar surface area (TPSA) is 9.23 Å². The maximum atomic E-state index is 14.1. The third-order valence-electron chi connectivity index (χ3n) is 3.05. The monoisotopic (exact) mass is 356 g/mol. The molecule has 0 saturated heterocycles. The number of halogens is 3. The molecular formula is C16H15BrClFO. The number of alkyl halides is 1. The van der Waals surface area contributed by atoms with Gasteiger partial charge >= 0.3 is 0 Å². The summed E-state index contributed by atoms with van der Waals surface area (Å²) in [5.41, 5.74) is 1.89. The van der Waals surface area contributed by atoms with Crippen molar-refractivity contribution in [2.75, 3.05) is 6.61 Å². The number of ether oxygens (including phenoxy) is 1. The van der Waals surface area contributed by atoms with Crippen LogP contribution in [-0.2, 0) is 0 Å². The molecule has 4 heteroatoms. The van der Waals surface area contributed by atoms with Gasteiger partial charge in [0.15, 0.2) is 0 Å². The van der Waals surface area contributed by atoms with Crippen LogP contribution >= 0.6 is 27.5 Å². The summed E-state index contributed by atoms with van der Waals surface area (Å²) in [6, 6.07) is 10.8. The van der Waals surface area contributed by atoms with Gasteiger partial charge in [0.05, 0.1) is 12.0 Å². The fourth-order valence-electron chi connectivity index (χ4n) is 2.00. The molecule has 0 saturated carbocycles. The Morgan fingerprint density at radius 3 is 2.65 bits per heavy atom. The van der Waals surface area contributed by atoms with E-state index in [-0.39, 0.29) is 5.82 Å². The van der Waals surface area contributed by atoms with E-state index >= 15 is 0 Å². The molecule has 2 rings (SSSR count). The van der Waals surface area contributed by atoms with Gasteiger partial charge in [0.1, 0.15) is 11.6 Å². The molecule has 20 heavy (non-hydrogen) atoms. The van der Waals surface area contributed by atoms with Crippen LogP contribution in [0.25, 0.3) is 0 Å². The Morgan fingerprint density at radius 1 is 1.25 bits per heavy atom. The Kier molecular flexibility index (Phi) is 5.06. The maximum absolute atomic E-state index is 14.1. The zero-order chi connectivity index (χ0) is 14.7.